The van der Waals surface area contributed by atoms with E-state index in [0.29, 0.717) is 21.7 Å². The normalized spacial score (nSPS) is 11.9. The molecule has 0 fully saturated rings. The second kappa shape index (κ2) is 15.5. The van der Waals surface area contributed by atoms with Gasteiger partial charge in [0.2, 0.25) is 5.91 Å². The number of nitrogens with one attached hydrogen (secondary N) is 2. The zero-order valence-corrected chi connectivity index (χ0v) is 23.6. The molecule has 0 spiro atoms. The fraction of sp³-hybridized carbons (Fsp3) is 0.219. The number of imidazole rings is 1. The van der Waals surface area contributed by atoms with Gasteiger partial charge in [0.15, 0.2) is 0 Å². The van der Waals surface area contributed by atoms with Crippen molar-refractivity contribution in [1.82, 2.24) is 20.2 Å². The fourth-order valence-corrected chi connectivity index (χ4v) is 4.27. The minimum atomic E-state index is -1.48. The smallest absolute Gasteiger partial charge is 0.420 e. The first-order valence-electron chi connectivity index (χ1n) is 13.5. The summed E-state index contributed by atoms with van der Waals surface area (Å²) in [6.07, 6.45) is 0.630. The summed E-state index contributed by atoms with van der Waals surface area (Å²) < 4.78 is 15.9. The van der Waals surface area contributed by atoms with Gasteiger partial charge in [-0.15, -0.1) is 0 Å². The Hall–Kier alpha value is -5.45. The quantitative estimate of drug-likeness (QED) is 0.187. The predicted octanol–water partition coefficient (Wildman–Crippen LogP) is 4.20. The topological polar surface area (TPSA) is 140 Å². The second-order valence-electron chi connectivity index (χ2n) is 9.52. The van der Waals surface area contributed by atoms with Crippen LogP contribution in [-0.2, 0) is 49.9 Å². The highest BCUT2D eigenvalue weighted by Crippen LogP contribution is 2.16. The molecule has 0 aliphatic carbocycles. The number of ether oxygens (including phenoxy) is 3. The molecule has 0 radical (unpaired) electrons. The highest BCUT2D eigenvalue weighted by molar-refractivity contribution is 5.96. The molecule has 2 atom stereocenters. The number of H-pyrrole nitrogens is 1. The Balaban J connectivity index is 1.62. The zero-order valence-electron chi connectivity index (χ0n) is 23.6. The SMILES string of the molecule is COC(=O)[C@H](Cc1ccccc1)NC(=O)[C@H](Cc1cnc[nH]1)N(C(=O)OCc1ccccc1)C(=O)OCc1ccccc1. The first kappa shape index (κ1) is 30.5. The van der Waals surface area contributed by atoms with Crippen LogP contribution >= 0.6 is 0 Å². The van der Waals surface area contributed by atoms with Crippen molar-refractivity contribution in [3.8, 4) is 0 Å². The molecule has 43 heavy (non-hydrogen) atoms. The van der Waals surface area contributed by atoms with Crippen molar-refractivity contribution in [2.24, 2.45) is 0 Å². The van der Waals surface area contributed by atoms with Crippen LogP contribution in [0, 0.1) is 0 Å². The molecule has 0 saturated carbocycles. The average molecular weight is 585 g/mol. The lowest BCUT2D eigenvalue weighted by molar-refractivity contribution is -0.145. The third-order valence-electron chi connectivity index (χ3n) is 6.47. The molecule has 0 saturated heterocycles. The number of carbonyl (C=O) groups is 4. The molecule has 3 amide bonds. The molecule has 0 aliphatic heterocycles. The van der Waals surface area contributed by atoms with E-state index >= 15 is 0 Å². The van der Waals surface area contributed by atoms with E-state index < -0.39 is 36.1 Å². The molecule has 11 nitrogen and oxygen atoms in total. The minimum Gasteiger partial charge on any atom is -0.467 e. The Morgan fingerprint density at radius 3 is 1.74 bits per heavy atom. The van der Waals surface area contributed by atoms with Crippen molar-refractivity contribution < 1.29 is 33.4 Å². The first-order valence-corrected chi connectivity index (χ1v) is 13.5. The van der Waals surface area contributed by atoms with E-state index in [2.05, 4.69) is 15.3 Å². The lowest BCUT2D eigenvalue weighted by Gasteiger charge is -2.29. The number of aromatic amines is 1. The number of hydrogen-bond donors (Lipinski definition) is 2. The van der Waals surface area contributed by atoms with Gasteiger partial charge in [0.25, 0.3) is 0 Å². The lowest BCUT2D eigenvalue weighted by atomic mass is 10.0. The standard InChI is InChI=1S/C32H32N4O7/c1-41-30(38)27(17-23-11-5-2-6-12-23)35-29(37)28(18-26-19-33-22-34-26)36(31(39)42-20-24-13-7-3-8-14-24)32(40)43-21-25-15-9-4-10-16-25/h2-16,19,22,27-28H,17-18,20-21H2,1H3,(H,33,34)(H,35,37)/t27-,28-/m0/s1. The highest BCUT2D eigenvalue weighted by Gasteiger charge is 2.39. The second-order valence-corrected chi connectivity index (χ2v) is 9.52. The van der Waals surface area contributed by atoms with Crippen LogP contribution < -0.4 is 5.32 Å². The van der Waals surface area contributed by atoms with Gasteiger partial charge in [0, 0.05) is 24.7 Å². The summed E-state index contributed by atoms with van der Waals surface area (Å²) in [5, 5.41) is 2.66. The lowest BCUT2D eigenvalue weighted by Crippen LogP contribution is -2.56. The van der Waals surface area contributed by atoms with Gasteiger partial charge in [-0.2, -0.15) is 4.90 Å². The summed E-state index contributed by atoms with van der Waals surface area (Å²) in [4.78, 5) is 61.1. The van der Waals surface area contributed by atoms with Crippen LogP contribution in [0.5, 0.6) is 0 Å². The van der Waals surface area contributed by atoms with Crippen molar-refractivity contribution in [3.63, 3.8) is 0 Å². The van der Waals surface area contributed by atoms with Crippen LogP contribution in [0.3, 0.4) is 0 Å². The number of esters is 1. The van der Waals surface area contributed by atoms with E-state index in [1.807, 2.05) is 18.2 Å². The maximum atomic E-state index is 13.9. The Morgan fingerprint density at radius 2 is 1.28 bits per heavy atom. The van der Waals surface area contributed by atoms with Gasteiger partial charge in [0.05, 0.1) is 13.4 Å². The molecule has 1 heterocycles. The maximum absolute atomic E-state index is 13.9. The van der Waals surface area contributed by atoms with Gasteiger partial charge in [0.1, 0.15) is 25.3 Å². The molecule has 4 rings (SSSR count). The van der Waals surface area contributed by atoms with Gasteiger partial charge in [-0.25, -0.2) is 19.4 Å². The van der Waals surface area contributed by atoms with Crippen molar-refractivity contribution in [2.75, 3.05) is 7.11 Å². The van der Waals surface area contributed by atoms with E-state index in [1.165, 1.54) is 19.6 Å². The number of imide groups is 1. The van der Waals surface area contributed by atoms with Gasteiger partial charge in [-0.05, 0) is 16.7 Å². The van der Waals surface area contributed by atoms with Crippen molar-refractivity contribution in [3.05, 3.63) is 126 Å². The first-order chi connectivity index (χ1) is 20.9. The van der Waals surface area contributed by atoms with Crippen molar-refractivity contribution in [1.29, 1.82) is 0 Å². The maximum Gasteiger partial charge on any atom is 0.420 e. The van der Waals surface area contributed by atoms with E-state index in [-0.39, 0.29) is 26.1 Å². The Kier molecular flexibility index (Phi) is 11.0. The van der Waals surface area contributed by atoms with Gasteiger partial charge < -0.3 is 24.5 Å². The van der Waals surface area contributed by atoms with Crippen LogP contribution in [0.25, 0.3) is 0 Å². The largest absolute Gasteiger partial charge is 0.467 e. The van der Waals surface area contributed by atoms with E-state index in [4.69, 9.17) is 14.2 Å². The van der Waals surface area contributed by atoms with E-state index in [0.717, 1.165) is 5.56 Å². The molecule has 0 unspecified atom stereocenters. The summed E-state index contributed by atoms with van der Waals surface area (Å²) in [5.74, 6) is -1.49. The van der Waals surface area contributed by atoms with Crippen LogP contribution in [0.15, 0.2) is 104 Å². The number of amides is 3. The predicted molar refractivity (Wildman–Crippen MR) is 155 cm³/mol. The molecule has 0 bridgehead atoms. The molecular weight excluding hydrogens is 552 g/mol. The van der Waals surface area contributed by atoms with Gasteiger partial charge in [-0.1, -0.05) is 91.0 Å². The Morgan fingerprint density at radius 1 is 0.767 bits per heavy atom. The van der Waals surface area contributed by atoms with Crippen LogP contribution in [0.1, 0.15) is 22.4 Å². The minimum absolute atomic E-state index is 0.118. The Labute approximate surface area is 248 Å². The number of rotatable bonds is 12. The summed E-state index contributed by atoms with van der Waals surface area (Å²) in [5.41, 5.74) is 2.58. The molecule has 0 aliphatic rings. The molecule has 3 aromatic carbocycles. The molecule has 4 aromatic rings. The van der Waals surface area contributed by atoms with E-state index in [9.17, 15) is 19.2 Å². The summed E-state index contributed by atoms with van der Waals surface area (Å²) in [6, 6.07) is 24.2. The molecule has 2 N–H and O–H groups in total. The third-order valence-corrected chi connectivity index (χ3v) is 6.47. The number of carbonyl (C=O) groups excluding carboxylic acids is 4. The molecule has 222 valence electrons. The van der Waals surface area contributed by atoms with Crippen molar-refractivity contribution >= 4 is 24.1 Å². The summed E-state index contributed by atoms with van der Waals surface area (Å²) in [7, 11) is 1.21. The average Bonchev–Trinajstić information content (AvgIpc) is 3.56. The highest BCUT2D eigenvalue weighted by atomic mass is 16.6. The zero-order chi connectivity index (χ0) is 30.4. The van der Waals surface area contributed by atoms with Crippen LogP contribution in [0.2, 0.25) is 0 Å². The summed E-state index contributed by atoms with van der Waals surface area (Å²) in [6.45, 7) is -0.307. The number of hydrogen-bond acceptors (Lipinski definition) is 8. The molecule has 1 aromatic heterocycles. The number of methoxy groups -OCH3 is 1. The van der Waals surface area contributed by atoms with Gasteiger partial charge >= 0.3 is 18.2 Å². The fourth-order valence-electron chi connectivity index (χ4n) is 4.27. The number of benzene rings is 3. The van der Waals surface area contributed by atoms with Crippen LogP contribution in [0.4, 0.5) is 9.59 Å². The summed E-state index contributed by atoms with van der Waals surface area (Å²) >= 11 is 0. The van der Waals surface area contributed by atoms with Crippen molar-refractivity contribution in [2.45, 2.75) is 38.1 Å². The molecule has 11 heteroatoms. The van der Waals surface area contributed by atoms with Crippen LogP contribution in [-0.4, -0.2) is 58.1 Å². The third kappa shape index (κ3) is 9.02. The Bertz CT molecular complexity index is 1410. The number of nitrogens with zero attached hydrogens (tertiary/aromatic N) is 2. The van der Waals surface area contributed by atoms with E-state index in [1.54, 1.807) is 72.8 Å². The van der Waals surface area contributed by atoms with Gasteiger partial charge in [-0.3, -0.25) is 4.79 Å². The number of aromatic nitrogens is 2. The monoisotopic (exact) mass is 584 g/mol. The molecular formula is C32H32N4O7.